The maximum atomic E-state index is 11.5. The molecule has 148 valence electrons. The van der Waals surface area contributed by atoms with E-state index in [0.29, 0.717) is 27.5 Å². The third-order valence-electron chi connectivity index (χ3n) is 4.33. The molecule has 3 rings (SSSR count). The number of aromatic carboxylic acids is 2. The topological polar surface area (TPSA) is 83.8 Å². The molecule has 0 saturated carbocycles. The molecular formula is C22H16Cl2O5. The van der Waals surface area contributed by atoms with E-state index in [-0.39, 0.29) is 29.2 Å². The molecule has 0 heterocycles. The number of carboxylic acid groups (broad SMARTS) is 2. The molecule has 0 aliphatic heterocycles. The normalized spacial score (nSPS) is 10.6. The first kappa shape index (κ1) is 20.7. The molecule has 0 bridgehead atoms. The van der Waals surface area contributed by atoms with Gasteiger partial charge in [-0.3, -0.25) is 0 Å². The Balaban J connectivity index is 1.85. The van der Waals surface area contributed by atoms with E-state index < -0.39 is 11.9 Å². The second kappa shape index (κ2) is 8.99. The van der Waals surface area contributed by atoms with Gasteiger partial charge in [0.2, 0.25) is 0 Å². The van der Waals surface area contributed by atoms with E-state index in [2.05, 4.69) is 0 Å². The highest BCUT2D eigenvalue weighted by Gasteiger charge is 2.16. The van der Waals surface area contributed by atoms with Crippen LogP contribution in [0.4, 0.5) is 0 Å². The van der Waals surface area contributed by atoms with E-state index in [4.69, 9.17) is 33.0 Å². The van der Waals surface area contributed by atoms with Crippen LogP contribution in [-0.2, 0) is 13.0 Å². The molecule has 0 atom stereocenters. The Morgan fingerprint density at radius 2 is 1.66 bits per heavy atom. The molecule has 0 aliphatic carbocycles. The Kier molecular flexibility index (Phi) is 6.42. The molecule has 2 N–H and O–H groups in total. The van der Waals surface area contributed by atoms with Crippen LogP contribution in [0.1, 0.15) is 37.4 Å². The fourth-order valence-electron chi connectivity index (χ4n) is 2.88. The van der Waals surface area contributed by atoms with E-state index >= 15 is 0 Å². The molecular weight excluding hydrogens is 415 g/mol. The minimum Gasteiger partial charge on any atom is -0.487 e. The zero-order chi connectivity index (χ0) is 21.0. The second-order valence-electron chi connectivity index (χ2n) is 6.27. The first-order valence-corrected chi connectivity index (χ1v) is 9.35. The van der Waals surface area contributed by atoms with Crippen molar-refractivity contribution in [1.82, 2.24) is 0 Å². The highest BCUT2D eigenvalue weighted by atomic mass is 35.5. The van der Waals surface area contributed by atoms with Crippen LogP contribution in [0.3, 0.4) is 0 Å². The number of rotatable bonds is 7. The summed E-state index contributed by atoms with van der Waals surface area (Å²) >= 11 is 12.8. The van der Waals surface area contributed by atoms with Crippen molar-refractivity contribution >= 4 is 35.1 Å². The summed E-state index contributed by atoms with van der Waals surface area (Å²) in [7, 11) is 0. The maximum absolute atomic E-state index is 11.5. The lowest BCUT2D eigenvalue weighted by Crippen LogP contribution is -2.04. The molecule has 5 nitrogen and oxygen atoms in total. The number of hydrogen-bond acceptors (Lipinski definition) is 3. The van der Waals surface area contributed by atoms with Crippen molar-refractivity contribution in [2.75, 3.05) is 0 Å². The molecule has 3 aromatic rings. The minimum absolute atomic E-state index is 0.119. The average Bonchev–Trinajstić information content (AvgIpc) is 2.71. The molecule has 0 aliphatic rings. The maximum Gasteiger partial charge on any atom is 0.335 e. The predicted octanol–water partition coefficient (Wildman–Crippen LogP) is 5.56. The van der Waals surface area contributed by atoms with Gasteiger partial charge in [0.15, 0.2) is 0 Å². The number of carboxylic acids is 2. The highest BCUT2D eigenvalue weighted by molar-refractivity contribution is 6.37. The molecule has 0 radical (unpaired) electrons. The summed E-state index contributed by atoms with van der Waals surface area (Å²) in [5.41, 5.74) is 2.15. The summed E-state index contributed by atoms with van der Waals surface area (Å²) in [6.45, 7) is 0.119. The van der Waals surface area contributed by atoms with E-state index in [1.807, 2.05) is 0 Å². The fraction of sp³-hybridized carbons (Fsp3) is 0.0909. The van der Waals surface area contributed by atoms with Gasteiger partial charge < -0.3 is 14.9 Å². The van der Waals surface area contributed by atoms with Gasteiger partial charge >= 0.3 is 11.9 Å². The van der Waals surface area contributed by atoms with Gasteiger partial charge in [-0.25, -0.2) is 9.59 Å². The lowest BCUT2D eigenvalue weighted by molar-refractivity contribution is 0.0685. The van der Waals surface area contributed by atoms with Crippen molar-refractivity contribution in [3.8, 4) is 5.75 Å². The SMILES string of the molecule is O=C(O)c1cccc(COc2ccc(Cl)c(Cc3ccccc3C(=O)O)c2Cl)c1. The third kappa shape index (κ3) is 4.88. The fourth-order valence-corrected chi connectivity index (χ4v) is 3.44. The monoisotopic (exact) mass is 430 g/mol. The van der Waals surface area contributed by atoms with Crippen molar-refractivity contribution in [2.45, 2.75) is 13.0 Å². The molecule has 7 heteroatoms. The summed E-state index contributed by atoms with van der Waals surface area (Å²) < 4.78 is 5.77. The molecule has 0 aromatic heterocycles. The quantitative estimate of drug-likeness (QED) is 0.512. The standard InChI is InChI=1S/C22H16Cl2O5/c23-18-8-9-19(29-12-13-4-3-6-15(10-13)21(25)26)20(24)17(18)11-14-5-1-2-7-16(14)22(27)28/h1-10H,11-12H2,(H,25,26)(H,27,28). The van der Waals surface area contributed by atoms with Crippen molar-refractivity contribution in [2.24, 2.45) is 0 Å². The predicted molar refractivity (Wildman–Crippen MR) is 110 cm³/mol. The number of benzene rings is 3. The largest absolute Gasteiger partial charge is 0.487 e. The van der Waals surface area contributed by atoms with Crippen LogP contribution >= 0.6 is 23.2 Å². The van der Waals surface area contributed by atoms with Gasteiger partial charge in [0.05, 0.1) is 16.1 Å². The van der Waals surface area contributed by atoms with Crippen molar-refractivity contribution in [3.63, 3.8) is 0 Å². The van der Waals surface area contributed by atoms with Gasteiger partial charge in [0.25, 0.3) is 0 Å². The summed E-state index contributed by atoms with van der Waals surface area (Å²) in [6, 6.07) is 16.3. The van der Waals surface area contributed by atoms with E-state index in [9.17, 15) is 14.7 Å². The van der Waals surface area contributed by atoms with Crippen LogP contribution in [0.5, 0.6) is 5.75 Å². The van der Waals surface area contributed by atoms with Crippen LogP contribution in [0.15, 0.2) is 60.7 Å². The van der Waals surface area contributed by atoms with Crippen LogP contribution < -0.4 is 4.74 Å². The zero-order valence-corrected chi connectivity index (χ0v) is 16.6. The summed E-state index contributed by atoms with van der Waals surface area (Å²) in [5, 5.41) is 19.1. The van der Waals surface area contributed by atoms with Crippen LogP contribution in [0.2, 0.25) is 10.0 Å². The first-order chi connectivity index (χ1) is 13.9. The Hall–Kier alpha value is -3.02. The number of hydrogen-bond donors (Lipinski definition) is 2. The molecule has 29 heavy (non-hydrogen) atoms. The van der Waals surface area contributed by atoms with E-state index in [0.717, 1.165) is 0 Å². The van der Waals surface area contributed by atoms with Crippen LogP contribution in [0, 0.1) is 0 Å². The van der Waals surface area contributed by atoms with Gasteiger partial charge in [0.1, 0.15) is 12.4 Å². The minimum atomic E-state index is -1.03. The molecule has 0 amide bonds. The lowest BCUT2D eigenvalue weighted by Gasteiger charge is -2.14. The van der Waals surface area contributed by atoms with E-state index in [1.54, 1.807) is 42.5 Å². The van der Waals surface area contributed by atoms with Crippen molar-refractivity contribution in [1.29, 1.82) is 0 Å². The number of carbonyl (C=O) groups is 2. The Morgan fingerprint density at radius 3 is 2.38 bits per heavy atom. The van der Waals surface area contributed by atoms with Crippen molar-refractivity contribution in [3.05, 3.63) is 98.5 Å². The highest BCUT2D eigenvalue weighted by Crippen LogP contribution is 2.35. The smallest absolute Gasteiger partial charge is 0.335 e. The molecule has 0 unspecified atom stereocenters. The summed E-state index contributed by atoms with van der Waals surface area (Å²) in [5.74, 6) is -1.67. The molecule has 0 spiro atoms. The summed E-state index contributed by atoms with van der Waals surface area (Å²) in [4.78, 5) is 22.5. The molecule has 0 fully saturated rings. The first-order valence-electron chi connectivity index (χ1n) is 8.60. The van der Waals surface area contributed by atoms with Gasteiger partial charge in [-0.1, -0.05) is 53.5 Å². The molecule has 3 aromatic carbocycles. The number of ether oxygens (including phenoxy) is 1. The second-order valence-corrected chi connectivity index (χ2v) is 7.06. The van der Waals surface area contributed by atoms with Gasteiger partial charge in [-0.2, -0.15) is 0 Å². The van der Waals surface area contributed by atoms with Crippen LogP contribution in [0.25, 0.3) is 0 Å². The average molecular weight is 431 g/mol. The summed E-state index contributed by atoms with van der Waals surface area (Å²) in [6.07, 6.45) is 0.228. The zero-order valence-electron chi connectivity index (χ0n) is 15.1. The Morgan fingerprint density at radius 1 is 0.897 bits per heavy atom. The lowest BCUT2D eigenvalue weighted by atomic mass is 9.99. The van der Waals surface area contributed by atoms with E-state index in [1.165, 1.54) is 18.2 Å². The van der Waals surface area contributed by atoms with Crippen molar-refractivity contribution < 1.29 is 24.5 Å². The van der Waals surface area contributed by atoms with Gasteiger partial charge in [-0.15, -0.1) is 0 Å². The Bertz CT molecular complexity index is 1080. The number of halogens is 2. The van der Waals surface area contributed by atoms with Crippen LogP contribution in [-0.4, -0.2) is 22.2 Å². The van der Waals surface area contributed by atoms with Gasteiger partial charge in [-0.05, 0) is 47.0 Å². The third-order valence-corrected chi connectivity index (χ3v) is 5.10. The van der Waals surface area contributed by atoms with Gasteiger partial charge in [0, 0.05) is 11.4 Å². The molecule has 0 saturated heterocycles. The Labute approximate surface area is 177 Å².